The first-order valence-electron chi connectivity index (χ1n) is 8.43. The van der Waals surface area contributed by atoms with Gasteiger partial charge in [0.15, 0.2) is 0 Å². The first kappa shape index (κ1) is 19.0. The second-order valence-corrected chi connectivity index (χ2v) is 8.15. The van der Waals surface area contributed by atoms with Gasteiger partial charge in [0.05, 0.1) is 29.2 Å². The van der Waals surface area contributed by atoms with Crippen molar-refractivity contribution in [3.63, 3.8) is 0 Å². The second-order valence-electron chi connectivity index (χ2n) is 6.22. The molecule has 1 heterocycles. The largest absolute Gasteiger partial charge is 0.376 e. The molecular formula is C19H19N3O4S. The summed E-state index contributed by atoms with van der Waals surface area (Å²) in [6, 6.07) is 14.4. The standard InChI is InChI=1S/C19H19N3O4S/c1-14-13-22(9-10-26-14)27(24,25)18-4-2-3-16(11-18)19(23)21-17-7-5-15(12-20)6-8-17/h2-8,11,14H,9-10,13H2,1H3,(H,21,23). The molecule has 0 radical (unpaired) electrons. The molecule has 27 heavy (non-hydrogen) atoms. The van der Waals surface area contributed by atoms with Crippen LogP contribution in [0.15, 0.2) is 53.4 Å². The number of hydrogen-bond acceptors (Lipinski definition) is 5. The predicted molar refractivity (Wildman–Crippen MR) is 99.7 cm³/mol. The zero-order valence-electron chi connectivity index (χ0n) is 14.8. The minimum atomic E-state index is -3.70. The Labute approximate surface area is 158 Å². The molecule has 1 saturated heterocycles. The van der Waals surface area contributed by atoms with Crippen molar-refractivity contribution in [3.8, 4) is 6.07 Å². The Balaban J connectivity index is 1.80. The zero-order valence-corrected chi connectivity index (χ0v) is 15.6. The van der Waals surface area contributed by atoms with E-state index in [1.807, 2.05) is 13.0 Å². The van der Waals surface area contributed by atoms with E-state index in [0.29, 0.717) is 17.9 Å². The number of carbonyl (C=O) groups excluding carboxylic acids is 1. The molecule has 0 spiro atoms. The average molecular weight is 385 g/mol. The number of anilines is 1. The molecule has 0 saturated carbocycles. The number of hydrogen-bond donors (Lipinski definition) is 1. The Morgan fingerprint density at radius 1 is 1.26 bits per heavy atom. The van der Waals surface area contributed by atoms with Crippen molar-refractivity contribution in [1.29, 1.82) is 5.26 Å². The number of ether oxygens (including phenoxy) is 1. The van der Waals surface area contributed by atoms with Gasteiger partial charge in [0.1, 0.15) is 0 Å². The van der Waals surface area contributed by atoms with Crippen LogP contribution in [0.3, 0.4) is 0 Å². The quantitative estimate of drug-likeness (QED) is 0.870. The SMILES string of the molecule is CC1CN(S(=O)(=O)c2cccc(C(=O)Nc3ccc(C#N)cc3)c2)CCO1. The fourth-order valence-electron chi connectivity index (χ4n) is 2.78. The van der Waals surface area contributed by atoms with Crippen LogP contribution in [0.1, 0.15) is 22.8 Å². The number of carbonyl (C=O) groups is 1. The molecule has 2 aromatic carbocycles. The lowest BCUT2D eigenvalue weighted by molar-refractivity contribution is 0.0102. The van der Waals surface area contributed by atoms with Gasteiger partial charge in [-0.3, -0.25) is 4.79 Å². The number of rotatable bonds is 4. The average Bonchev–Trinajstić information content (AvgIpc) is 2.68. The highest BCUT2D eigenvalue weighted by Crippen LogP contribution is 2.20. The lowest BCUT2D eigenvalue weighted by Crippen LogP contribution is -2.44. The van der Waals surface area contributed by atoms with Gasteiger partial charge in [0, 0.05) is 24.3 Å². The molecule has 0 aliphatic carbocycles. The summed E-state index contributed by atoms with van der Waals surface area (Å²) in [5.74, 6) is -0.424. The van der Waals surface area contributed by atoms with Crippen LogP contribution in [0.2, 0.25) is 0 Å². The maximum Gasteiger partial charge on any atom is 0.255 e. The van der Waals surface area contributed by atoms with Gasteiger partial charge < -0.3 is 10.1 Å². The molecule has 1 fully saturated rings. The summed E-state index contributed by atoms with van der Waals surface area (Å²) in [6.45, 7) is 2.74. The molecule has 0 aromatic heterocycles. The third-order valence-electron chi connectivity index (χ3n) is 4.21. The van der Waals surface area contributed by atoms with E-state index in [2.05, 4.69) is 5.32 Å². The Bertz CT molecular complexity index is 981. The normalized spacial score (nSPS) is 17.9. The van der Waals surface area contributed by atoms with Crippen molar-refractivity contribution in [1.82, 2.24) is 4.31 Å². The summed E-state index contributed by atoms with van der Waals surface area (Å²) in [5.41, 5.74) is 1.25. The lowest BCUT2D eigenvalue weighted by atomic mass is 10.2. The van der Waals surface area contributed by atoms with Crippen molar-refractivity contribution < 1.29 is 17.9 Å². The van der Waals surface area contributed by atoms with Crippen LogP contribution < -0.4 is 5.32 Å². The summed E-state index contributed by atoms with van der Waals surface area (Å²) >= 11 is 0. The maximum atomic E-state index is 12.8. The smallest absolute Gasteiger partial charge is 0.255 e. The van der Waals surface area contributed by atoms with Crippen LogP contribution in [0.5, 0.6) is 0 Å². The van der Waals surface area contributed by atoms with E-state index in [0.717, 1.165) is 0 Å². The van der Waals surface area contributed by atoms with E-state index in [9.17, 15) is 13.2 Å². The Morgan fingerprint density at radius 3 is 2.67 bits per heavy atom. The number of nitrogens with zero attached hydrogens (tertiary/aromatic N) is 2. The van der Waals surface area contributed by atoms with Crippen LogP contribution in [-0.4, -0.2) is 44.4 Å². The number of nitriles is 1. The topological polar surface area (TPSA) is 99.5 Å². The van der Waals surface area contributed by atoms with Crippen LogP contribution in [0.4, 0.5) is 5.69 Å². The fourth-order valence-corrected chi connectivity index (χ4v) is 4.33. The molecule has 8 heteroatoms. The third kappa shape index (κ3) is 4.34. The van der Waals surface area contributed by atoms with Crippen LogP contribution in [0.25, 0.3) is 0 Å². The number of amides is 1. The monoisotopic (exact) mass is 385 g/mol. The first-order valence-corrected chi connectivity index (χ1v) is 9.87. The molecule has 1 unspecified atom stereocenters. The lowest BCUT2D eigenvalue weighted by Gasteiger charge is -2.30. The first-order chi connectivity index (χ1) is 12.9. The van der Waals surface area contributed by atoms with E-state index in [1.165, 1.54) is 16.4 Å². The van der Waals surface area contributed by atoms with E-state index >= 15 is 0 Å². The molecule has 140 valence electrons. The summed E-state index contributed by atoms with van der Waals surface area (Å²) in [6.07, 6.45) is -0.170. The Morgan fingerprint density at radius 2 is 2.00 bits per heavy atom. The molecule has 7 nitrogen and oxygen atoms in total. The molecule has 1 N–H and O–H groups in total. The summed E-state index contributed by atoms with van der Waals surface area (Å²) in [4.78, 5) is 12.5. The van der Waals surface area contributed by atoms with Gasteiger partial charge in [-0.1, -0.05) is 6.07 Å². The number of sulfonamides is 1. The van der Waals surface area contributed by atoms with Crippen LogP contribution in [-0.2, 0) is 14.8 Å². The van der Waals surface area contributed by atoms with Crippen molar-refractivity contribution in [2.45, 2.75) is 17.9 Å². The van der Waals surface area contributed by atoms with Crippen LogP contribution in [0, 0.1) is 11.3 Å². The summed E-state index contributed by atoms with van der Waals surface area (Å²) < 4.78 is 32.5. The molecule has 2 aromatic rings. The molecule has 1 aliphatic rings. The van der Waals surface area contributed by atoms with Crippen molar-refractivity contribution in [2.75, 3.05) is 25.0 Å². The molecule has 1 amide bonds. The Hall–Kier alpha value is -2.73. The van der Waals surface area contributed by atoms with Crippen molar-refractivity contribution >= 4 is 21.6 Å². The molecule has 0 bridgehead atoms. The van der Waals surface area contributed by atoms with Gasteiger partial charge in [-0.2, -0.15) is 9.57 Å². The van der Waals surface area contributed by atoms with E-state index in [1.54, 1.807) is 36.4 Å². The number of benzene rings is 2. The summed E-state index contributed by atoms with van der Waals surface area (Å²) in [7, 11) is -3.70. The highest BCUT2D eigenvalue weighted by molar-refractivity contribution is 7.89. The minimum absolute atomic E-state index is 0.0732. The molecule has 1 aliphatic heterocycles. The highest BCUT2D eigenvalue weighted by Gasteiger charge is 2.29. The highest BCUT2D eigenvalue weighted by atomic mass is 32.2. The Kier molecular flexibility index (Phi) is 5.56. The van der Waals surface area contributed by atoms with Gasteiger partial charge in [0.25, 0.3) is 5.91 Å². The van der Waals surface area contributed by atoms with Gasteiger partial charge in [-0.05, 0) is 49.4 Å². The van der Waals surface area contributed by atoms with Crippen LogP contribution >= 0.6 is 0 Å². The van der Waals surface area contributed by atoms with Gasteiger partial charge in [-0.25, -0.2) is 8.42 Å². The molecule has 3 rings (SSSR count). The number of nitrogens with one attached hydrogen (secondary N) is 1. The fraction of sp³-hybridized carbons (Fsp3) is 0.263. The number of morpholine rings is 1. The predicted octanol–water partition coefficient (Wildman–Crippen LogP) is 2.22. The minimum Gasteiger partial charge on any atom is -0.376 e. The third-order valence-corrected chi connectivity index (χ3v) is 6.07. The van der Waals surface area contributed by atoms with Gasteiger partial charge in [0.2, 0.25) is 10.0 Å². The molecule has 1 atom stereocenters. The van der Waals surface area contributed by atoms with Crippen molar-refractivity contribution in [3.05, 3.63) is 59.7 Å². The van der Waals surface area contributed by atoms with Gasteiger partial charge >= 0.3 is 0 Å². The van der Waals surface area contributed by atoms with Crippen molar-refractivity contribution in [2.24, 2.45) is 0 Å². The van der Waals surface area contributed by atoms with E-state index in [-0.39, 0.29) is 29.7 Å². The summed E-state index contributed by atoms with van der Waals surface area (Å²) in [5, 5.41) is 11.5. The maximum absolute atomic E-state index is 12.8. The zero-order chi connectivity index (χ0) is 19.4. The van der Waals surface area contributed by atoms with E-state index < -0.39 is 15.9 Å². The molecular weight excluding hydrogens is 366 g/mol. The van der Waals surface area contributed by atoms with Gasteiger partial charge in [-0.15, -0.1) is 0 Å². The second kappa shape index (κ2) is 7.88. The van der Waals surface area contributed by atoms with E-state index in [4.69, 9.17) is 10.00 Å².